The third-order valence-electron chi connectivity index (χ3n) is 4.72. The summed E-state index contributed by atoms with van der Waals surface area (Å²) >= 11 is 0. The summed E-state index contributed by atoms with van der Waals surface area (Å²) in [4.78, 5) is 39.7. The monoisotopic (exact) mass is 404 g/mol. The van der Waals surface area contributed by atoms with E-state index in [0.717, 1.165) is 11.1 Å². The standard InChI is InChI=1S/C21H28N2O6/c1-5-27-18(24)13-23-11-15-10-14(6-7-16(15)19(23)25)17-12-22(8-9-28-17)20(26)29-21(2,3)4/h6-7,10,17H,5,8-9,11-13H2,1-4H3/t17-/m0/s1. The summed E-state index contributed by atoms with van der Waals surface area (Å²) in [5.41, 5.74) is 1.76. The molecule has 0 unspecified atom stereocenters. The van der Waals surface area contributed by atoms with E-state index >= 15 is 0 Å². The molecule has 0 radical (unpaired) electrons. The molecule has 2 aliphatic heterocycles. The van der Waals surface area contributed by atoms with Gasteiger partial charge >= 0.3 is 12.1 Å². The molecule has 2 amide bonds. The first-order valence-corrected chi connectivity index (χ1v) is 9.85. The molecular weight excluding hydrogens is 376 g/mol. The second kappa shape index (κ2) is 8.41. The molecule has 0 aromatic heterocycles. The van der Waals surface area contributed by atoms with Gasteiger partial charge in [0.15, 0.2) is 0 Å². The highest BCUT2D eigenvalue weighted by Crippen LogP contribution is 2.29. The number of nitrogens with zero attached hydrogens (tertiary/aromatic N) is 2. The minimum Gasteiger partial charge on any atom is -0.465 e. The third kappa shape index (κ3) is 5.06. The number of fused-ring (bicyclic) bond motifs is 1. The molecule has 2 aliphatic rings. The molecule has 2 heterocycles. The van der Waals surface area contributed by atoms with Gasteiger partial charge in [-0.3, -0.25) is 9.59 Å². The molecular formula is C21H28N2O6. The van der Waals surface area contributed by atoms with E-state index in [-0.39, 0.29) is 31.3 Å². The van der Waals surface area contributed by atoms with Crippen molar-refractivity contribution in [3.8, 4) is 0 Å². The molecule has 1 aromatic carbocycles. The zero-order valence-corrected chi connectivity index (χ0v) is 17.4. The van der Waals surface area contributed by atoms with E-state index in [0.29, 0.717) is 31.8 Å². The number of amides is 2. The molecule has 1 saturated heterocycles. The van der Waals surface area contributed by atoms with Crippen LogP contribution in [-0.4, -0.2) is 66.2 Å². The lowest BCUT2D eigenvalue weighted by molar-refractivity contribution is -0.143. The number of carbonyl (C=O) groups excluding carboxylic acids is 3. The molecule has 0 spiro atoms. The molecule has 0 N–H and O–H groups in total. The molecule has 1 atom stereocenters. The maximum Gasteiger partial charge on any atom is 0.410 e. The minimum absolute atomic E-state index is 0.0664. The lowest BCUT2D eigenvalue weighted by atomic mass is 10.0. The van der Waals surface area contributed by atoms with E-state index in [4.69, 9.17) is 14.2 Å². The largest absolute Gasteiger partial charge is 0.465 e. The van der Waals surface area contributed by atoms with Crippen LogP contribution in [0.15, 0.2) is 18.2 Å². The number of hydrogen-bond acceptors (Lipinski definition) is 6. The first kappa shape index (κ1) is 21.1. The number of esters is 1. The quantitative estimate of drug-likeness (QED) is 0.717. The van der Waals surface area contributed by atoms with E-state index < -0.39 is 11.6 Å². The Hall–Kier alpha value is -2.61. The Balaban J connectivity index is 1.68. The maximum atomic E-state index is 12.5. The van der Waals surface area contributed by atoms with E-state index in [9.17, 15) is 14.4 Å². The maximum absolute atomic E-state index is 12.5. The Kier molecular flexibility index (Phi) is 6.12. The van der Waals surface area contributed by atoms with Gasteiger partial charge in [-0.1, -0.05) is 12.1 Å². The summed E-state index contributed by atoms with van der Waals surface area (Å²) in [5, 5.41) is 0. The van der Waals surface area contributed by atoms with Crippen LogP contribution < -0.4 is 0 Å². The molecule has 8 nitrogen and oxygen atoms in total. The fraction of sp³-hybridized carbons (Fsp3) is 0.571. The summed E-state index contributed by atoms with van der Waals surface area (Å²) in [6.45, 7) is 9.07. The van der Waals surface area contributed by atoms with Crippen molar-refractivity contribution in [3.63, 3.8) is 0 Å². The van der Waals surface area contributed by atoms with Crippen molar-refractivity contribution in [2.24, 2.45) is 0 Å². The van der Waals surface area contributed by atoms with Gasteiger partial charge in [-0.25, -0.2) is 4.79 Å². The molecule has 3 rings (SSSR count). The molecule has 158 valence electrons. The van der Waals surface area contributed by atoms with Crippen molar-refractivity contribution < 1.29 is 28.6 Å². The first-order valence-electron chi connectivity index (χ1n) is 9.85. The van der Waals surface area contributed by atoms with Gasteiger partial charge in [0.25, 0.3) is 5.91 Å². The van der Waals surface area contributed by atoms with E-state index in [1.54, 1.807) is 17.9 Å². The van der Waals surface area contributed by atoms with Crippen molar-refractivity contribution in [2.75, 3.05) is 32.8 Å². The van der Waals surface area contributed by atoms with Gasteiger partial charge in [-0.05, 0) is 44.9 Å². The first-order chi connectivity index (χ1) is 13.7. The Morgan fingerprint density at radius 3 is 2.72 bits per heavy atom. The molecule has 29 heavy (non-hydrogen) atoms. The van der Waals surface area contributed by atoms with Crippen molar-refractivity contribution in [1.82, 2.24) is 9.80 Å². The molecule has 0 bridgehead atoms. The van der Waals surface area contributed by atoms with Crippen LogP contribution >= 0.6 is 0 Å². The lowest BCUT2D eigenvalue weighted by Crippen LogP contribution is -2.44. The summed E-state index contributed by atoms with van der Waals surface area (Å²) in [6.07, 6.45) is -0.654. The highest BCUT2D eigenvalue weighted by atomic mass is 16.6. The third-order valence-corrected chi connectivity index (χ3v) is 4.72. The van der Waals surface area contributed by atoms with Gasteiger partial charge in [0.05, 0.1) is 19.8 Å². The summed E-state index contributed by atoms with van der Waals surface area (Å²) < 4.78 is 16.3. The number of rotatable bonds is 4. The second-order valence-electron chi connectivity index (χ2n) is 8.17. The van der Waals surface area contributed by atoms with Gasteiger partial charge in [-0.15, -0.1) is 0 Å². The number of benzene rings is 1. The van der Waals surface area contributed by atoms with Crippen LogP contribution in [0.1, 0.15) is 55.3 Å². The van der Waals surface area contributed by atoms with E-state index in [1.807, 2.05) is 32.9 Å². The van der Waals surface area contributed by atoms with Crippen LogP contribution in [0, 0.1) is 0 Å². The number of ether oxygens (including phenoxy) is 3. The topological polar surface area (TPSA) is 85.4 Å². The fourth-order valence-corrected chi connectivity index (χ4v) is 3.43. The van der Waals surface area contributed by atoms with Gasteiger partial charge in [0.1, 0.15) is 18.2 Å². The van der Waals surface area contributed by atoms with E-state index in [1.165, 1.54) is 4.90 Å². The Bertz CT molecular complexity index is 801. The van der Waals surface area contributed by atoms with Crippen LogP contribution in [-0.2, 0) is 25.5 Å². The average molecular weight is 404 g/mol. The zero-order chi connectivity index (χ0) is 21.2. The summed E-state index contributed by atoms with van der Waals surface area (Å²) in [5.74, 6) is -0.600. The second-order valence-corrected chi connectivity index (χ2v) is 8.17. The molecule has 1 aromatic rings. The number of morpholine rings is 1. The highest BCUT2D eigenvalue weighted by molar-refractivity contribution is 5.99. The Morgan fingerprint density at radius 2 is 2.03 bits per heavy atom. The van der Waals surface area contributed by atoms with Crippen molar-refractivity contribution in [2.45, 2.75) is 45.9 Å². The number of hydrogen-bond donors (Lipinski definition) is 0. The lowest BCUT2D eigenvalue weighted by Gasteiger charge is -2.34. The van der Waals surface area contributed by atoms with Crippen LogP contribution in [0.3, 0.4) is 0 Å². The molecule has 0 saturated carbocycles. The molecule has 1 fully saturated rings. The predicted molar refractivity (Wildman–Crippen MR) is 104 cm³/mol. The summed E-state index contributed by atoms with van der Waals surface area (Å²) in [6, 6.07) is 5.52. The molecule has 8 heteroatoms. The van der Waals surface area contributed by atoms with Crippen LogP contribution in [0.4, 0.5) is 4.79 Å². The smallest absolute Gasteiger partial charge is 0.410 e. The van der Waals surface area contributed by atoms with E-state index in [2.05, 4.69) is 0 Å². The summed E-state index contributed by atoms with van der Waals surface area (Å²) in [7, 11) is 0. The van der Waals surface area contributed by atoms with Gasteiger partial charge in [0, 0.05) is 18.7 Å². The van der Waals surface area contributed by atoms with Crippen LogP contribution in [0.5, 0.6) is 0 Å². The van der Waals surface area contributed by atoms with Gasteiger partial charge < -0.3 is 24.0 Å². The Labute approximate surface area is 170 Å². The van der Waals surface area contributed by atoms with Crippen molar-refractivity contribution >= 4 is 18.0 Å². The average Bonchev–Trinajstić information content (AvgIpc) is 2.95. The SMILES string of the molecule is CCOC(=O)CN1Cc2cc([C@@H]3CN(C(=O)OC(C)(C)C)CCO3)ccc2C1=O. The normalized spacial score (nSPS) is 19.2. The molecule has 0 aliphatic carbocycles. The van der Waals surface area contributed by atoms with Crippen LogP contribution in [0.2, 0.25) is 0 Å². The minimum atomic E-state index is -0.554. The highest BCUT2D eigenvalue weighted by Gasteiger charge is 2.32. The zero-order valence-electron chi connectivity index (χ0n) is 17.4. The Morgan fingerprint density at radius 1 is 1.28 bits per heavy atom. The predicted octanol–water partition coefficient (Wildman–Crippen LogP) is 2.51. The van der Waals surface area contributed by atoms with Crippen LogP contribution in [0.25, 0.3) is 0 Å². The van der Waals surface area contributed by atoms with Gasteiger partial charge in [0.2, 0.25) is 0 Å². The van der Waals surface area contributed by atoms with Crippen molar-refractivity contribution in [1.29, 1.82) is 0 Å². The van der Waals surface area contributed by atoms with Gasteiger partial charge in [-0.2, -0.15) is 0 Å². The fourth-order valence-electron chi connectivity index (χ4n) is 3.43. The van der Waals surface area contributed by atoms with Crippen molar-refractivity contribution in [3.05, 3.63) is 34.9 Å². The number of carbonyl (C=O) groups is 3.